The van der Waals surface area contributed by atoms with Crippen LogP contribution in [-0.2, 0) is 6.54 Å². The van der Waals surface area contributed by atoms with Gasteiger partial charge < -0.3 is 5.32 Å². The molecule has 110 valence electrons. The van der Waals surface area contributed by atoms with Crippen LogP contribution in [0.25, 0.3) is 0 Å². The highest BCUT2D eigenvalue weighted by Crippen LogP contribution is 2.16. The predicted molar refractivity (Wildman–Crippen MR) is 85.0 cm³/mol. The van der Waals surface area contributed by atoms with E-state index >= 15 is 0 Å². The van der Waals surface area contributed by atoms with Gasteiger partial charge in [-0.2, -0.15) is 5.10 Å². The van der Waals surface area contributed by atoms with E-state index in [4.69, 9.17) is 11.6 Å². The van der Waals surface area contributed by atoms with E-state index in [1.54, 1.807) is 41.5 Å². The standard InChI is InChI=1S/C16H13ClN4O/c17-14-4-2-1-3-13(14)11-21-10-7-15(20-21)19-16(22)12-5-8-18-9-6-12/h1-10H,11H2,(H,19,20,22). The molecule has 0 saturated carbocycles. The summed E-state index contributed by atoms with van der Waals surface area (Å²) in [5.74, 6) is 0.277. The first kappa shape index (κ1) is 14.3. The van der Waals surface area contributed by atoms with Crippen LogP contribution in [0.1, 0.15) is 15.9 Å². The van der Waals surface area contributed by atoms with E-state index in [0.717, 1.165) is 5.56 Å². The van der Waals surface area contributed by atoms with E-state index in [9.17, 15) is 4.79 Å². The molecule has 3 aromatic rings. The van der Waals surface area contributed by atoms with E-state index < -0.39 is 0 Å². The number of halogens is 1. The minimum Gasteiger partial charge on any atom is -0.305 e. The fraction of sp³-hybridized carbons (Fsp3) is 0.0625. The Bertz CT molecular complexity index is 786. The summed E-state index contributed by atoms with van der Waals surface area (Å²) in [5, 5.41) is 7.76. The molecular formula is C16H13ClN4O. The molecule has 0 saturated heterocycles. The first-order valence-corrected chi connectivity index (χ1v) is 7.08. The molecule has 0 bridgehead atoms. The summed E-state index contributed by atoms with van der Waals surface area (Å²) in [6, 6.07) is 12.6. The smallest absolute Gasteiger partial charge is 0.256 e. The van der Waals surface area contributed by atoms with Crippen molar-refractivity contribution >= 4 is 23.3 Å². The van der Waals surface area contributed by atoms with Gasteiger partial charge in [0.25, 0.3) is 5.91 Å². The summed E-state index contributed by atoms with van der Waals surface area (Å²) in [7, 11) is 0. The van der Waals surface area contributed by atoms with Crippen LogP contribution in [0.4, 0.5) is 5.82 Å². The van der Waals surface area contributed by atoms with Gasteiger partial charge in [0.1, 0.15) is 0 Å². The fourth-order valence-electron chi connectivity index (χ4n) is 2.01. The third-order valence-corrected chi connectivity index (χ3v) is 3.48. The van der Waals surface area contributed by atoms with E-state index in [1.165, 1.54) is 0 Å². The van der Waals surface area contributed by atoms with Gasteiger partial charge in [-0.25, -0.2) is 0 Å². The number of aromatic nitrogens is 3. The highest BCUT2D eigenvalue weighted by molar-refractivity contribution is 6.31. The Morgan fingerprint density at radius 3 is 2.68 bits per heavy atom. The maximum Gasteiger partial charge on any atom is 0.256 e. The maximum atomic E-state index is 12.0. The SMILES string of the molecule is O=C(Nc1ccn(Cc2ccccc2Cl)n1)c1ccncc1. The molecule has 0 aliphatic rings. The van der Waals surface area contributed by atoms with Crippen molar-refractivity contribution in [2.75, 3.05) is 5.32 Å². The molecule has 0 fully saturated rings. The number of rotatable bonds is 4. The molecule has 1 aromatic carbocycles. The number of hydrogen-bond acceptors (Lipinski definition) is 3. The fourth-order valence-corrected chi connectivity index (χ4v) is 2.20. The topological polar surface area (TPSA) is 59.8 Å². The highest BCUT2D eigenvalue weighted by atomic mass is 35.5. The van der Waals surface area contributed by atoms with Gasteiger partial charge in [0, 0.05) is 35.2 Å². The first-order valence-electron chi connectivity index (χ1n) is 6.70. The zero-order valence-corrected chi connectivity index (χ0v) is 12.4. The molecule has 22 heavy (non-hydrogen) atoms. The minimum absolute atomic E-state index is 0.217. The summed E-state index contributed by atoms with van der Waals surface area (Å²) in [5.41, 5.74) is 1.51. The molecule has 6 heteroatoms. The molecule has 2 aromatic heterocycles. The van der Waals surface area contributed by atoms with Gasteiger partial charge in [0.05, 0.1) is 6.54 Å². The number of carbonyl (C=O) groups is 1. The van der Waals surface area contributed by atoms with Crippen LogP contribution in [0.3, 0.4) is 0 Å². The molecule has 0 radical (unpaired) electrons. The van der Waals surface area contributed by atoms with Gasteiger partial charge >= 0.3 is 0 Å². The Kier molecular flexibility index (Phi) is 4.16. The molecule has 0 aliphatic heterocycles. The summed E-state index contributed by atoms with van der Waals surface area (Å²) in [6.45, 7) is 0.546. The van der Waals surface area contributed by atoms with Crippen LogP contribution in [-0.4, -0.2) is 20.7 Å². The molecule has 0 aliphatic carbocycles. The molecular weight excluding hydrogens is 300 g/mol. The lowest BCUT2D eigenvalue weighted by Gasteiger charge is -2.04. The highest BCUT2D eigenvalue weighted by Gasteiger charge is 2.08. The Morgan fingerprint density at radius 1 is 1.14 bits per heavy atom. The summed E-state index contributed by atoms with van der Waals surface area (Å²) >= 11 is 6.13. The van der Waals surface area contributed by atoms with Crippen LogP contribution in [0, 0.1) is 0 Å². The average molecular weight is 313 g/mol. The Labute approximate surface area is 132 Å². The third kappa shape index (κ3) is 3.32. The number of amides is 1. The van der Waals surface area contributed by atoms with Gasteiger partial charge in [-0.1, -0.05) is 29.8 Å². The van der Waals surface area contributed by atoms with E-state index in [0.29, 0.717) is 22.9 Å². The molecule has 0 atom stereocenters. The molecule has 0 spiro atoms. The van der Waals surface area contributed by atoms with E-state index in [1.807, 2.05) is 24.3 Å². The van der Waals surface area contributed by atoms with E-state index in [-0.39, 0.29) is 5.91 Å². The monoisotopic (exact) mass is 312 g/mol. The lowest BCUT2D eigenvalue weighted by Crippen LogP contribution is -2.12. The Morgan fingerprint density at radius 2 is 1.91 bits per heavy atom. The van der Waals surface area contributed by atoms with Crippen molar-refractivity contribution in [1.29, 1.82) is 0 Å². The van der Waals surface area contributed by atoms with Crippen molar-refractivity contribution < 1.29 is 4.79 Å². The molecule has 1 N–H and O–H groups in total. The summed E-state index contributed by atoms with van der Waals surface area (Å²) in [6.07, 6.45) is 4.95. The van der Waals surface area contributed by atoms with Gasteiger partial charge in [-0.05, 0) is 23.8 Å². The van der Waals surface area contributed by atoms with Crippen molar-refractivity contribution in [1.82, 2.24) is 14.8 Å². The normalized spacial score (nSPS) is 10.4. The van der Waals surface area contributed by atoms with E-state index in [2.05, 4.69) is 15.4 Å². The Hall–Kier alpha value is -2.66. The van der Waals surface area contributed by atoms with Crippen molar-refractivity contribution in [3.63, 3.8) is 0 Å². The van der Waals surface area contributed by atoms with Crippen molar-refractivity contribution in [3.8, 4) is 0 Å². The largest absolute Gasteiger partial charge is 0.305 e. The predicted octanol–water partition coefficient (Wildman–Crippen LogP) is 3.23. The van der Waals surface area contributed by atoms with Crippen molar-refractivity contribution in [2.24, 2.45) is 0 Å². The molecule has 0 unspecified atom stereocenters. The zero-order chi connectivity index (χ0) is 15.4. The minimum atomic E-state index is -0.217. The quantitative estimate of drug-likeness (QED) is 0.804. The van der Waals surface area contributed by atoms with Crippen LogP contribution in [0.5, 0.6) is 0 Å². The van der Waals surface area contributed by atoms with Crippen molar-refractivity contribution in [2.45, 2.75) is 6.54 Å². The number of hydrogen-bond donors (Lipinski definition) is 1. The Balaban J connectivity index is 1.69. The first-order chi connectivity index (χ1) is 10.7. The summed E-state index contributed by atoms with van der Waals surface area (Å²) < 4.78 is 1.73. The number of nitrogens with one attached hydrogen (secondary N) is 1. The maximum absolute atomic E-state index is 12.0. The third-order valence-electron chi connectivity index (χ3n) is 3.11. The number of pyridine rings is 1. The summed E-state index contributed by atoms with van der Waals surface area (Å²) in [4.78, 5) is 15.9. The number of benzene rings is 1. The molecule has 1 amide bonds. The number of anilines is 1. The van der Waals surface area contributed by atoms with Crippen LogP contribution >= 0.6 is 11.6 Å². The number of nitrogens with zero attached hydrogens (tertiary/aromatic N) is 3. The molecule has 3 rings (SSSR count). The van der Waals surface area contributed by atoms with Gasteiger partial charge in [0.15, 0.2) is 5.82 Å². The van der Waals surface area contributed by atoms with Gasteiger partial charge in [-0.3, -0.25) is 14.5 Å². The second kappa shape index (κ2) is 6.41. The van der Waals surface area contributed by atoms with Gasteiger partial charge in [-0.15, -0.1) is 0 Å². The second-order valence-corrected chi connectivity index (χ2v) is 5.09. The van der Waals surface area contributed by atoms with Crippen LogP contribution in [0.15, 0.2) is 61.1 Å². The zero-order valence-electron chi connectivity index (χ0n) is 11.6. The van der Waals surface area contributed by atoms with Crippen LogP contribution < -0.4 is 5.32 Å². The van der Waals surface area contributed by atoms with Gasteiger partial charge in [0.2, 0.25) is 0 Å². The lowest BCUT2D eigenvalue weighted by molar-refractivity contribution is 0.102. The molecule has 2 heterocycles. The second-order valence-electron chi connectivity index (χ2n) is 4.68. The lowest BCUT2D eigenvalue weighted by atomic mass is 10.2. The average Bonchev–Trinajstić information content (AvgIpc) is 2.97. The van der Waals surface area contributed by atoms with Crippen LogP contribution in [0.2, 0.25) is 5.02 Å². The molecule has 5 nitrogen and oxygen atoms in total. The number of carbonyl (C=O) groups excluding carboxylic acids is 1. The van der Waals surface area contributed by atoms with Crippen molar-refractivity contribution in [3.05, 3.63) is 77.2 Å².